The van der Waals surface area contributed by atoms with Crippen LogP contribution in [0.2, 0.25) is 5.02 Å². The lowest BCUT2D eigenvalue weighted by atomic mass is 10.0. The minimum Gasteiger partial charge on any atom is -0.322 e. The summed E-state index contributed by atoms with van der Waals surface area (Å²) in [6.45, 7) is 10.8. The summed E-state index contributed by atoms with van der Waals surface area (Å²) >= 11 is 6.32. The van der Waals surface area contributed by atoms with Crippen molar-refractivity contribution in [3.63, 3.8) is 0 Å². The zero-order valence-electron chi connectivity index (χ0n) is 15.5. The Kier molecular flexibility index (Phi) is 5.91. The number of nitrogens with zero attached hydrogens (tertiary/aromatic N) is 2. The van der Waals surface area contributed by atoms with Crippen molar-refractivity contribution in [1.82, 2.24) is 15.2 Å². The van der Waals surface area contributed by atoms with Gasteiger partial charge in [-0.15, -0.1) is 0 Å². The summed E-state index contributed by atoms with van der Waals surface area (Å²) in [6, 6.07) is 5.66. The first-order chi connectivity index (χ1) is 12.4. The number of carbonyl (C=O) groups is 1. The molecule has 2 aromatic rings. The molecule has 1 amide bonds. The van der Waals surface area contributed by atoms with Gasteiger partial charge >= 0.3 is 0 Å². The maximum Gasteiger partial charge on any atom is 0.257 e. The summed E-state index contributed by atoms with van der Waals surface area (Å²) in [5, 5.41) is 6.99. The first-order valence-electron chi connectivity index (χ1n) is 8.90. The van der Waals surface area contributed by atoms with Crippen molar-refractivity contribution >= 4 is 23.2 Å². The molecule has 0 unspecified atom stereocenters. The lowest BCUT2D eigenvalue weighted by molar-refractivity contribution is 0.102. The van der Waals surface area contributed by atoms with Gasteiger partial charge in [-0.05, 0) is 55.7 Å². The molecule has 1 aliphatic rings. The third-order valence-corrected chi connectivity index (χ3v) is 5.15. The Hall–Kier alpha value is -1.95. The van der Waals surface area contributed by atoms with E-state index in [4.69, 9.17) is 11.6 Å². The fraction of sp³-hybridized carbons (Fsp3) is 0.400. The molecule has 2 N–H and O–H groups in total. The van der Waals surface area contributed by atoms with Crippen LogP contribution >= 0.6 is 11.6 Å². The molecular formula is C20H25ClN4O. The summed E-state index contributed by atoms with van der Waals surface area (Å²) in [6.07, 6.45) is 1.61. The average molecular weight is 373 g/mol. The van der Waals surface area contributed by atoms with Crippen LogP contribution in [0.5, 0.6) is 0 Å². The van der Waals surface area contributed by atoms with Crippen LogP contribution in [-0.2, 0) is 6.54 Å². The largest absolute Gasteiger partial charge is 0.322 e. The minimum absolute atomic E-state index is 0.168. The van der Waals surface area contributed by atoms with E-state index in [0.29, 0.717) is 10.6 Å². The molecule has 1 fully saturated rings. The van der Waals surface area contributed by atoms with E-state index in [1.807, 2.05) is 39.0 Å². The molecule has 1 aromatic carbocycles. The lowest BCUT2D eigenvalue weighted by Crippen LogP contribution is -2.43. The molecular weight excluding hydrogens is 348 g/mol. The molecule has 2 heterocycles. The predicted octanol–water partition coefficient (Wildman–Crippen LogP) is 3.32. The number of aromatic nitrogens is 1. The third kappa shape index (κ3) is 4.41. The highest BCUT2D eigenvalue weighted by Crippen LogP contribution is 2.26. The number of amides is 1. The van der Waals surface area contributed by atoms with Crippen LogP contribution in [0.15, 0.2) is 24.4 Å². The first kappa shape index (κ1) is 18.8. The number of piperazine rings is 1. The Bertz CT molecular complexity index is 816. The van der Waals surface area contributed by atoms with Gasteiger partial charge in [0.1, 0.15) is 0 Å². The molecule has 1 saturated heterocycles. The van der Waals surface area contributed by atoms with Gasteiger partial charge in [-0.25, -0.2) is 0 Å². The Morgan fingerprint density at radius 3 is 2.65 bits per heavy atom. The highest BCUT2D eigenvalue weighted by Gasteiger charge is 2.15. The van der Waals surface area contributed by atoms with Crippen molar-refractivity contribution in [2.45, 2.75) is 27.3 Å². The van der Waals surface area contributed by atoms with Crippen LogP contribution in [0.25, 0.3) is 0 Å². The van der Waals surface area contributed by atoms with Crippen molar-refractivity contribution < 1.29 is 4.79 Å². The van der Waals surface area contributed by atoms with Crippen molar-refractivity contribution in [3.8, 4) is 0 Å². The summed E-state index contributed by atoms with van der Waals surface area (Å²) in [5.74, 6) is -0.168. The molecule has 0 radical (unpaired) electrons. The second-order valence-electron chi connectivity index (χ2n) is 6.84. The number of hydrogen-bond acceptors (Lipinski definition) is 4. The van der Waals surface area contributed by atoms with Crippen LogP contribution in [-0.4, -0.2) is 42.0 Å². The van der Waals surface area contributed by atoms with E-state index in [9.17, 15) is 4.79 Å². The minimum atomic E-state index is -0.168. The summed E-state index contributed by atoms with van der Waals surface area (Å²) < 4.78 is 0. The van der Waals surface area contributed by atoms with Crippen molar-refractivity contribution in [2.75, 3.05) is 31.5 Å². The number of rotatable bonds is 4. The normalized spacial score (nSPS) is 15.1. The Labute approximate surface area is 159 Å². The van der Waals surface area contributed by atoms with Gasteiger partial charge in [0.05, 0.1) is 5.56 Å². The SMILES string of the molecule is Cc1cc(C(=O)Nc2cc(Cl)cc(CN3CCNCC3)c2C)cnc1C. The predicted molar refractivity (Wildman–Crippen MR) is 106 cm³/mol. The number of aryl methyl sites for hydroxylation is 2. The molecule has 0 spiro atoms. The molecule has 0 aliphatic carbocycles. The second-order valence-corrected chi connectivity index (χ2v) is 7.28. The monoisotopic (exact) mass is 372 g/mol. The number of pyridine rings is 1. The van der Waals surface area contributed by atoms with Crippen LogP contribution in [0.3, 0.4) is 0 Å². The smallest absolute Gasteiger partial charge is 0.257 e. The first-order valence-corrected chi connectivity index (χ1v) is 9.28. The number of halogens is 1. The average Bonchev–Trinajstić information content (AvgIpc) is 2.62. The maximum atomic E-state index is 12.6. The third-order valence-electron chi connectivity index (χ3n) is 4.93. The van der Waals surface area contributed by atoms with E-state index in [2.05, 4.69) is 20.5 Å². The summed E-state index contributed by atoms with van der Waals surface area (Å²) in [7, 11) is 0. The van der Waals surface area contributed by atoms with Gasteiger partial charge in [0.25, 0.3) is 5.91 Å². The van der Waals surface area contributed by atoms with E-state index in [0.717, 1.165) is 60.8 Å². The highest BCUT2D eigenvalue weighted by molar-refractivity contribution is 6.31. The Balaban J connectivity index is 1.80. The molecule has 26 heavy (non-hydrogen) atoms. The van der Waals surface area contributed by atoms with Crippen molar-refractivity contribution in [2.24, 2.45) is 0 Å². The van der Waals surface area contributed by atoms with Crippen LogP contribution < -0.4 is 10.6 Å². The number of nitrogens with one attached hydrogen (secondary N) is 2. The Morgan fingerprint density at radius 2 is 1.96 bits per heavy atom. The lowest BCUT2D eigenvalue weighted by Gasteiger charge is -2.28. The molecule has 1 aromatic heterocycles. The number of hydrogen-bond donors (Lipinski definition) is 2. The van der Waals surface area contributed by atoms with E-state index in [1.165, 1.54) is 0 Å². The van der Waals surface area contributed by atoms with Crippen LogP contribution in [0, 0.1) is 20.8 Å². The zero-order valence-corrected chi connectivity index (χ0v) is 16.3. The van der Waals surface area contributed by atoms with Crippen molar-refractivity contribution in [1.29, 1.82) is 0 Å². The molecule has 3 rings (SSSR count). The van der Waals surface area contributed by atoms with Crippen LogP contribution in [0.4, 0.5) is 5.69 Å². The number of anilines is 1. The van der Waals surface area contributed by atoms with Crippen molar-refractivity contribution in [3.05, 3.63) is 57.4 Å². The molecule has 6 heteroatoms. The molecule has 1 aliphatic heterocycles. The fourth-order valence-corrected chi connectivity index (χ4v) is 3.34. The zero-order chi connectivity index (χ0) is 18.7. The summed E-state index contributed by atoms with van der Waals surface area (Å²) in [4.78, 5) is 19.3. The molecule has 138 valence electrons. The standard InChI is InChI=1S/C20H25ClN4O/c1-13-8-16(11-23-15(13)3)20(26)24-19-10-18(21)9-17(14(19)2)12-25-6-4-22-5-7-25/h8-11,22H,4-7,12H2,1-3H3,(H,24,26). The maximum absolute atomic E-state index is 12.6. The molecule has 0 atom stereocenters. The quantitative estimate of drug-likeness (QED) is 0.864. The van der Waals surface area contributed by atoms with Gasteiger partial charge in [-0.2, -0.15) is 0 Å². The van der Waals surface area contributed by atoms with Gasteiger partial charge in [-0.3, -0.25) is 14.7 Å². The highest BCUT2D eigenvalue weighted by atomic mass is 35.5. The molecule has 5 nitrogen and oxygen atoms in total. The molecule has 0 saturated carbocycles. The van der Waals surface area contributed by atoms with Gasteiger partial charge in [0.15, 0.2) is 0 Å². The van der Waals surface area contributed by atoms with Gasteiger partial charge < -0.3 is 10.6 Å². The number of benzene rings is 1. The Morgan fingerprint density at radius 1 is 1.23 bits per heavy atom. The summed E-state index contributed by atoms with van der Waals surface area (Å²) in [5.41, 5.74) is 5.44. The fourth-order valence-electron chi connectivity index (χ4n) is 3.10. The van der Waals surface area contributed by atoms with Crippen LogP contribution in [0.1, 0.15) is 32.7 Å². The van der Waals surface area contributed by atoms with Gasteiger partial charge in [-0.1, -0.05) is 11.6 Å². The van der Waals surface area contributed by atoms with Gasteiger partial charge in [0.2, 0.25) is 0 Å². The van der Waals surface area contributed by atoms with Gasteiger partial charge in [0, 0.05) is 55.3 Å². The number of carbonyl (C=O) groups excluding carboxylic acids is 1. The molecule has 0 bridgehead atoms. The van der Waals surface area contributed by atoms with E-state index >= 15 is 0 Å². The second kappa shape index (κ2) is 8.16. The van der Waals surface area contributed by atoms with E-state index in [1.54, 1.807) is 6.20 Å². The van der Waals surface area contributed by atoms with E-state index < -0.39 is 0 Å². The topological polar surface area (TPSA) is 57.3 Å². The van der Waals surface area contributed by atoms with E-state index in [-0.39, 0.29) is 5.91 Å².